The van der Waals surface area contributed by atoms with Gasteiger partial charge in [-0.1, -0.05) is 27.7 Å². The first-order valence-corrected chi connectivity index (χ1v) is 5.46. The van der Waals surface area contributed by atoms with Gasteiger partial charge in [-0.25, -0.2) is 0 Å². The molecule has 1 rings (SSSR count). The summed E-state index contributed by atoms with van der Waals surface area (Å²) < 4.78 is 0. The second-order valence-corrected chi connectivity index (χ2v) is 5.11. The summed E-state index contributed by atoms with van der Waals surface area (Å²) in [6.07, 6.45) is 0.601. The van der Waals surface area contributed by atoms with Gasteiger partial charge in [0.25, 0.3) is 0 Å². The van der Waals surface area contributed by atoms with Crippen LogP contribution in [0.4, 0.5) is 0 Å². The molecule has 0 aliphatic rings. The minimum Gasteiger partial charge on any atom is -0.293 e. The molecule has 0 aliphatic heterocycles. The Kier molecular flexibility index (Phi) is 2.91. The molecular weight excluding hydrogens is 180 g/mol. The first kappa shape index (κ1) is 10.5. The Morgan fingerprint density at radius 3 is 2.54 bits per heavy atom. The Bertz CT molecular complexity index is 304. The zero-order valence-corrected chi connectivity index (χ0v) is 9.49. The van der Waals surface area contributed by atoms with Gasteiger partial charge in [0.1, 0.15) is 0 Å². The van der Waals surface area contributed by atoms with Crippen molar-refractivity contribution < 1.29 is 4.79 Å². The average Bonchev–Trinajstić information content (AvgIpc) is 2.49. The molecule has 1 aromatic rings. The number of hydrogen-bond acceptors (Lipinski definition) is 2. The van der Waals surface area contributed by atoms with Crippen LogP contribution in [0.5, 0.6) is 0 Å². The fourth-order valence-corrected chi connectivity index (χ4v) is 2.39. The molecule has 0 aromatic carbocycles. The van der Waals surface area contributed by atoms with Gasteiger partial charge in [-0.15, -0.1) is 11.3 Å². The number of ketones is 1. The number of rotatable bonds is 2. The lowest BCUT2D eigenvalue weighted by Crippen LogP contribution is -2.14. The third kappa shape index (κ3) is 2.19. The van der Waals surface area contributed by atoms with Crippen molar-refractivity contribution >= 4 is 17.1 Å². The summed E-state index contributed by atoms with van der Waals surface area (Å²) >= 11 is 1.56. The zero-order valence-electron chi connectivity index (χ0n) is 8.68. The van der Waals surface area contributed by atoms with Gasteiger partial charge in [-0.2, -0.15) is 0 Å². The van der Waals surface area contributed by atoms with E-state index in [1.165, 1.54) is 5.56 Å². The van der Waals surface area contributed by atoms with Gasteiger partial charge in [0.05, 0.1) is 4.88 Å². The second kappa shape index (κ2) is 3.62. The first-order chi connectivity index (χ1) is 5.96. The molecule has 1 aromatic heterocycles. The van der Waals surface area contributed by atoms with Crippen molar-refractivity contribution in [2.75, 3.05) is 0 Å². The Morgan fingerprint density at radius 1 is 1.46 bits per heavy atom. The van der Waals surface area contributed by atoms with Crippen molar-refractivity contribution in [3.63, 3.8) is 0 Å². The largest absolute Gasteiger partial charge is 0.293 e. The van der Waals surface area contributed by atoms with E-state index in [-0.39, 0.29) is 11.2 Å². The van der Waals surface area contributed by atoms with Crippen LogP contribution in [0.25, 0.3) is 0 Å². The van der Waals surface area contributed by atoms with Crippen LogP contribution in [-0.4, -0.2) is 5.78 Å². The summed E-state index contributed by atoms with van der Waals surface area (Å²) in [6, 6.07) is 2.06. The number of carbonyl (C=O) groups excluding carboxylic acids is 1. The van der Waals surface area contributed by atoms with Crippen LogP contribution in [0.2, 0.25) is 0 Å². The van der Waals surface area contributed by atoms with E-state index < -0.39 is 0 Å². The van der Waals surface area contributed by atoms with E-state index >= 15 is 0 Å². The normalized spacial score (nSPS) is 11.7. The summed E-state index contributed by atoms with van der Waals surface area (Å²) in [7, 11) is 0. The van der Waals surface area contributed by atoms with E-state index in [9.17, 15) is 4.79 Å². The molecule has 0 amide bonds. The Labute approximate surface area is 83.8 Å². The quantitative estimate of drug-likeness (QED) is 0.660. The predicted octanol–water partition coefficient (Wildman–Crippen LogP) is 3.64. The third-order valence-corrected chi connectivity index (χ3v) is 3.00. The van der Waals surface area contributed by atoms with E-state index in [0.717, 1.165) is 4.88 Å². The van der Waals surface area contributed by atoms with Crippen LogP contribution < -0.4 is 0 Å². The monoisotopic (exact) mass is 196 g/mol. The summed E-state index contributed by atoms with van der Waals surface area (Å²) in [5.74, 6) is 0.264. The lowest BCUT2D eigenvalue weighted by molar-refractivity contribution is 0.0990. The number of hydrogen-bond donors (Lipinski definition) is 0. The average molecular weight is 196 g/mol. The number of carbonyl (C=O) groups is 1. The van der Waals surface area contributed by atoms with Crippen molar-refractivity contribution in [1.82, 2.24) is 0 Å². The van der Waals surface area contributed by atoms with Crippen molar-refractivity contribution in [2.24, 2.45) is 0 Å². The van der Waals surface area contributed by atoms with E-state index in [1.807, 2.05) is 12.3 Å². The molecule has 13 heavy (non-hydrogen) atoms. The number of Topliss-reactive ketones (excluding diaryl/α,β-unsaturated/α-hetero) is 1. The molecule has 0 radical (unpaired) electrons. The SMILES string of the molecule is CCC(=O)c1sccc1C(C)(C)C. The summed E-state index contributed by atoms with van der Waals surface area (Å²) in [4.78, 5) is 12.5. The third-order valence-electron chi connectivity index (χ3n) is 2.05. The predicted molar refractivity (Wildman–Crippen MR) is 57.6 cm³/mol. The van der Waals surface area contributed by atoms with E-state index in [1.54, 1.807) is 11.3 Å². The van der Waals surface area contributed by atoms with Crippen molar-refractivity contribution in [3.05, 3.63) is 21.9 Å². The van der Waals surface area contributed by atoms with Crippen LogP contribution >= 0.6 is 11.3 Å². The molecule has 1 heterocycles. The van der Waals surface area contributed by atoms with Crippen molar-refractivity contribution in [1.29, 1.82) is 0 Å². The van der Waals surface area contributed by atoms with Crippen molar-refractivity contribution in [3.8, 4) is 0 Å². The highest BCUT2D eigenvalue weighted by Gasteiger charge is 2.21. The molecular formula is C11H16OS. The Hall–Kier alpha value is -0.630. The minimum atomic E-state index is 0.0835. The van der Waals surface area contributed by atoms with Crippen LogP contribution in [-0.2, 0) is 5.41 Å². The van der Waals surface area contributed by atoms with Gasteiger partial charge < -0.3 is 0 Å². The summed E-state index contributed by atoms with van der Waals surface area (Å²) in [5, 5.41) is 2.00. The lowest BCUT2D eigenvalue weighted by atomic mass is 9.86. The maximum Gasteiger partial charge on any atom is 0.172 e. The van der Waals surface area contributed by atoms with Gasteiger partial charge in [-0.05, 0) is 22.4 Å². The van der Waals surface area contributed by atoms with Gasteiger partial charge in [0.2, 0.25) is 0 Å². The Morgan fingerprint density at radius 2 is 2.08 bits per heavy atom. The first-order valence-electron chi connectivity index (χ1n) is 4.58. The molecule has 0 atom stereocenters. The topological polar surface area (TPSA) is 17.1 Å². The summed E-state index contributed by atoms with van der Waals surface area (Å²) in [6.45, 7) is 8.33. The van der Waals surface area contributed by atoms with E-state index in [4.69, 9.17) is 0 Å². The van der Waals surface area contributed by atoms with Crippen LogP contribution in [0.15, 0.2) is 11.4 Å². The maximum atomic E-state index is 11.6. The van der Waals surface area contributed by atoms with Gasteiger partial charge in [0.15, 0.2) is 5.78 Å². The highest BCUT2D eigenvalue weighted by atomic mass is 32.1. The molecule has 0 saturated heterocycles. The van der Waals surface area contributed by atoms with Crippen LogP contribution in [0.1, 0.15) is 49.4 Å². The molecule has 0 spiro atoms. The molecule has 0 aliphatic carbocycles. The smallest absolute Gasteiger partial charge is 0.172 e. The fraction of sp³-hybridized carbons (Fsp3) is 0.545. The molecule has 0 fully saturated rings. The van der Waals surface area contributed by atoms with Crippen LogP contribution in [0, 0.1) is 0 Å². The standard InChI is InChI=1S/C11H16OS/c1-5-9(12)10-8(6-7-13-10)11(2,3)4/h6-7H,5H2,1-4H3. The molecule has 0 saturated carbocycles. The lowest BCUT2D eigenvalue weighted by Gasteiger charge is -2.18. The molecule has 0 unspecified atom stereocenters. The second-order valence-electron chi connectivity index (χ2n) is 4.19. The highest BCUT2D eigenvalue weighted by Crippen LogP contribution is 2.30. The maximum absolute atomic E-state index is 11.6. The Balaban J connectivity index is 3.10. The molecule has 0 N–H and O–H groups in total. The fourth-order valence-electron chi connectivity index (χ4n) is 1.28. The summed E-state index contributed by atoms with van der Waals surface area (Å²) in [5.41, 5.74) is 1.27. The molecule has 72 valence electrons. The molecule has 0 bridgehead atoms. The van der Waals surface area contributed by atoms with Crippen LogP contribution in [0.3, 0.4) is 0 Å². The van der Waals surface area contributed by atoms with Crippen molar-refractivity contribution in [2.45, 2.75) is 39.5 Å². The van der Waals surface area contributed by atoms with Gasteiger partial charge >= 0.3 is 0 Å². The van der Waals surface area contributed by atoms with E-state index in [2.05, 4.69) is 26.8 Å². The highest BCUT2D eigenvalue weighted by molar-refractivity contribution is 7.12. The number of thiophene rings is 1. The van der Waals surface area contributed by atoms with Gasteiger partial charge in [0, 0.05) is 6.42 Å². The molecule has 1 nitrogen and oxygen atoms in total. The van der Waals surface area contributed by atoms with Gasteiger partial charge in [-0.3, -0.25) is 4.79 Å². The molecule has 2 heteroatoms. The minimum absolute atomic E-state index is 0.0835. The van der Waals surface area contributed by atoms with E-state index in [0.29, 0.717) is 6.42 Å². The zero-order chi connectivity index (χ0) is 10.1.